The summed E-state index contributed by atoms with van der Waals surface area (Å²) in [5.74, 6) is 0.522. The van der Waals surface area contributed by atoms with Crippen LogP contribution in [-0.2, 0) is 14.3 Å². The van der Waals surface area contributed by atoms with Gasteiger partial charge in [0.1, 0.15) is 12.2 Å². The number of carbonyl (C=O) groups excluding carboxylic acids is 1. The quantitative estimate of drug-likeness (QED) is 0.222. The molecular formula is C24H45ClN2O5S. The van der Waals surface area contributed by atoms with E-state index < -0.39 is 35.5 Å². The summed E-state index contributed by atoms with van der Waals surface area (Å²) in [6.07, 6.45) is 11.6. The van der Waals surface area contributed by atoms with Crippen molar-refractivity contribution in [1.29, 1.82) is 0 Å². The van der Waals surface area contributed by atoms with Crippen molar-refractivity contribution < 1.29 is 24.5 Å². The van der Waals surface area contributed by atoms with Crippen molar-refractivity contribution in [3.05, 3.63) is 0 Å². The van der Waals surface area contributed by atoms with Crippen LogP contribution in [0.4, 0.5) is 0 Å². The number of carbonyl (C=O) groups is 1. The Morgan fingerprint density at radius 2 is 1.82 bits per heavy atom. The Kier molecular flexibility index (Phi) is 14.0. The number of aliphatic hydroxyl groups excluding tert-OH is 2. The maximum absolute atomic E-state index is 13.1. The van der Waals surface area contributed by atoms with Gasteiger partial charge in [0.25, 0.3) is 0 Å². The van der Waals surface area contributed by atoms with Crippen LogP contribution in [0.5, 0.6) is 0 Å². The highest BCUT2D eigenvalue weighted by atomic mass is 35.5. The molecular weight excluding hydrogens is 464 g/mol. The Morgan fingerprint density at radius 1 is 1.12 bits per heavy atom. The second kappa shape index (κ2) is 15.8. The van der Waals surface area contributed by atoms with Gasteiger partial charge in [-0.2, -0.15) is 0 Å². The van der Waals surface area contributed by atoms with E-state index in [0.29, 0.717) is 5.92 Å². The van der Waals surface area contributed by atoms with Crippen molar-refractivity contribution in [2.24, 2.45) is 5.92 Å². The van der Waals surface area contributed by atoms with E-state index in [1.165, 1.54) is 63.1 Å². The van der Waals surface area contributed by atoms with Crippen LogP contribution >= 0.6 is 23.4 Å². The van der Waals surface area contributed by atoms with Gasteiger partial charge in [-0.25, -0.2) is 0 Å². The lowest BCUT2D eigenvalue weighted by Crippen LogP contribution is -2.62. The summed E-state index contributed by atoms with van der Waals surface area (Å²) >= 11 is 7.64. The van der Waals surface area contributed by atoms with Gasteiger partial charge in [-0.05, 0) is 44.9 Å². The minimum Gasteiger partial charge on any atom is -0.385 e. The first-order chi connectivity index (χ1) is 15.9. The fourth-order valence-electron chi connectivity index (χ4n) is 4.74. The number of hydrogen-bond acceptors (Lipinski definition) is 7. The summed E-state index contributed by atoms with van der Waals surface area (Å²) in [4.78, 5) is 13.1. The molecule has 2 aliphatic heterocycles. The highest BCUT2D eigenvalue weighted by Crippen LogP contribution is 2.28. The molecule has 0 aromatic heterocycles. The van der Waals surface area contributed by atoms with Crippen LogP contribution in [0.15, 0.2) is 0 Å². The Hall–Kier alpha value is -0.0900. The first-order valence-corrected chi connectivity index (χ1v) is 14.5. The van der Waals surface area contributed by atoms with Crippen molar-refractivity contribution in [1.82, 2.24) is 10.6 Å². The van der Waals surface area contributed by atoms with Crippen molar-refractivity contribution in [2.75, 3.05) is 12.8 Å². The highest BCUT2D eigenvalue weighted by Gasteiger charge is 2.44. The first-order valence-electron chi connectivity index (χ1n) is 12.7. The molecule has 7 nitrogen and oxygen atoms in total. The fourth-order valence-corrected chi connectivity index (χ4v) is 5.41. The van der Waals surface area contributed by atoms with Crippen molar-refractivity contribution >= 4 is 29.3 Å². The summed E-state index contributed by atoms with van der Waals surface area (Å²) in [5, 5.41) is 26.3. The van der Waals surface area contributed by atoms with Gasteiger partial charge in [-0.3, -0.25) is 4.79 Å². The topological polar surface area (TPSA) is 100 Å². The molecule has 0 spiro atoms. The van der Waals surface area contributed by atoms with Gasteiger partial charge in [-0.1, -0.05) is 58.3 Å². The monoisotopic (exact) mass is 508 g/mol. The van der Waals surface area contributed by atoms with Crippen LogP contribution in [0, 0.1) is 5.92 Å². The summed E-state index contributed by atoms with van der Waals surface area (Å²) in [5.41, 5.74) is -0.730. The molecule has 0 bridgehead atoms. The van der Waals surface area contributed by atoms with Crippen molar-refractivity contribution in [3.63, 3.8) is 0 Å². The normalized spacial score (nSPS) is 32.7. The third kappa shape index (κ3) is 9.82. The maximum atomic E-state index is 13.1. The lowest BCUT2D eigenvalue weighted by Gasteiger charge is -2.41. The molecule has 2 saturated heterocycles. The zero-order valence-corrected chi connectivity index (χ0v) is 22.1. The van der Waals surface area contributed by atoms with Gasteiger partial charge in [-0.15, -0.1) is 23.4 Å². The average Bonchev–Trinajstić information content (AvgIpc) is 3.04. The molecule has 194 valence electrons. The van der Waals surface area contributed by atoms with E-state index in [4.69, 9.17) is 21.1 Å². The van der Waals surface area contributed by atoms with Gasteiger partial charge in [0.15, 0.2) is 6.29 Å². The highest BCUT2D eigenvalue weighted by molar-refractivity contribution is 7.98. The van der Waals surface area contributed by atoms with Gasteiger partial charge in [0, 0.05) is 0 Å². The number of alkyl halides is 1. The molecule has 0 aliphatic carbocycles. The van der Waals surface area contributed by atoms with E-state index in [2.05, 4.69) is 17.6 Å². The van der Waals surface area contributed by atoms with E-state index in [9.17, 15) is 15.0 Å². The zero-order chi connectivity index (χ0) is 24.2. The SMILES string of the molecule is CCCCCCCCC[C@@H]1CCNC(C(=O)NC(C(C)Cl)C2OC(SC)O[C@@H](O)C2O)CC1. The first kappa shape index (κ1) is 29.1. The van der Waals surface area contributed by atoms with Crippen LogP contribution in [-0.4, -0.2) is 70.5 Å². The van der Waals surface area contributed by atoms with Crippen LogP contribution in [0.3, 0.4) is 0 Å². The van der Waals surface area contributed by atoms with E-state index in [1.54, 1.807) is 13.2 Å². The van der Waals surface area contributed by atoms with E-state index >= 15 is 0 Å². The second-order valence-electron chi connectivity index (χ2n) is 9.50. The lowest BCUT2D eigenvalue weighted by molar-refractivity contribution is -0.308. The number of amides is 1. The lowest BCUT2D eigenvalue weighted by atomic mass is 9.92. The average molecular weight is 509 g/mol. The smallest absolute Gasteiger partial charge is 0.237 e. The van der Waals surface area contributed by atoms with Crippen molar-refractivity contribution in [3.8, 4) is 0 Å². The van der Waals surface area contributed by atoms with Gasteiger partial charge < -0.3 is 30.3 Å². The van der Waals surface area contributed by atoms with Crippen molar-refractivity contribution in [2.45, 2.75) is 126 Å². The maximum Gasteiger partial charge on any atom is 0.237 e. The minimum absolute atomic E-state index is 0.137. The zero-order valence-electron chi connectivity index (χ0n) is 20.5. The summed E-state index contributed by atoms with van der Waals surface area (Å²) in [6, 6.07) is -0.948. The predicted molar refractivity (Wildman–Crippen MR) is 134 cm³/mol. The molecule has 2 aliphatic rings. The molecule has 0 aromatic rings. The van der Waals surface area contributed by atoms with Gasteiger partial charge >= 0.3 is 0 Å². The van der Waals surface area contributed by atoms with Crippen LogP contribution in [0.25, 0.3) is 0 Å². The molecule has 2 rings (SSSR count). The summed E-state index contributed by atoms with van der Waals surface area (Å²) in [6.45, 7) is 4.82. The molecule has 2 heterocycles. The molecule has 33 heavy (non-hydrogen) atoms. The van der Waals surface area contributed by atoms with Gasteiger partial charge in [0.05, 0.1) is 17.5 Å². The Balaban J connectivity index is 1.81. The van der Waals surface area contributed by atoms with E-state index in [1.807, 2.05) is 0 Å². The number of thioether (sulfide) groups is 1. The number of ether oxygens (including phenoxy) is 2. The van der Waals surface area contributed by atoms with Crippen LogP contribution in [0.1, 0.15) is 84.5 Å². The molecule has 2 fully saturated rings. The molecule has 8 atom stereocenters. The third-order valence-corrected chi connectivity index (χ3v) is 7.72. The molecule has 9 heteroatoms. The number of aliphatic hydroxyl groups is 2. The predicted octanol–water partition coefficient (Wildman–Crippen LogP) is 3.74. The van der Waals surface area contributed by atoms with Crippen LogP contribution < -0.4 is 10.6 Å². The van der Waals surface area contributed by atoms with Crippen LogP contribution in [0.2, 0.25) is 0 Å². The minimum atomic E-state index is -1.39. The third-order valence-electron chi connectivity index (χ3n) is 6.84. The number of hydrogen-bond donors (Lipinski definition) is 4. The Morgan fingerprint density at radius 3 is 2.48 bits per heavy atom. The number of halogens is 1. The largest absolute Gasteiger partial charge is 0.385 e. The summed E-state index contributed by atoms with van der Waals surface area (Å²) < 4.78 is 11.0. The number of nitrogens with one attached hydrogen (secondary N) is 2. The standard InChI is InChI=1S/C24H45ClN2O5S/c1-4-5-6-7-8-9-10-11-17-12-13-18(26-15-14-17)22(29)27-19(16(2)25)21-20(28)23(30)32-24(31-21)33-3/h16-21,23-24,26,28,30H,4-15H2,1-3H3,(H,27,29)/t16?,17-,18?,19?,20?,21?,23+,24?/m0/s1. The second-order valence-corrected chi connectivity index (χ2v) is 11.0. The molecule has 0 saturated carbocycles. The van der Waals surface area contributed by atoms with E-state index in [-0.39, 0.29) is 11.9 Å². The molecule has 0 aromatic carbocycles. The number of unbranched alkanes of at least 4 members (excludes halogenated alkanes) is 6. The molecule has 0 radical (unpaired) electrons. The fraction of sp³-hybridized carbons (Fsp3) is 0.958. The molecule has 4 N–H and O–H groups in total. The van der Waals surface area contributed by atoms with Gasteiger partial charge in [0.2, 0.25) is 11.5 Å². The Labute approximate surface area is 209 Å². The molecule has 6 unspecified atom stereocenters. The number of rotatable bonds is 13. The summed E-state index contributed by atoms with van der Waals surface area (Å²) in [7, 11) is 0. The van der Waals surface area contributed by atoms with E-state index in [0.717, 1.165) is 25.8 Å². The Bertz CT molecular complexity index is 559. The molecule has 1 amide bonds.